The van der Waals surface area contributed by atoms with E-state index in [1.807, 2.05) is 12.1 Å². The van der Waals surface area contributed by atoms with Gasteiger partial charge in [0.25, 0.3) is 0 Å². The van der Waals surface area contributed by atoms with E-state index in [0.717, 1.165) is 11.1 Å². The summed E-state index contributed by atoms with van der Waals surface area (Å²) in [5, 5.41) is 0. The number of carbonyl (C=O) groups excluding carboxylic acids is 1. The van der Waals surface area contributed by atoms with Crippen LogP contribution >= 0.6 is 0 Å². The second-order valence-electron chi connectivity index (χ2n) is 3.97. The summed E-state index contributed by atoms with van der Waals surface area (Å²) in [5.74, 6) is 0.451. The predicted molar refractivity (Wildman–Crippen MR) is 69.0 cm³/mol. The van der Waals surface area contributed by atoms with Crippen molar-refractivity contribution in [1.82, 2.24) is 0 Å². The number of ether oxygens (including phenoxy) is 1. The van der Waals surface area contributed by atoms with Gasteiger partial charge < -0.3 is 4.74 Å². The van der Waals surface area contributed by atoms with Crippen molar-refractivity contribution in [1.29, 1.82) is 0 Å². The van der Waals surface area contributed by atoms with Crippen LogP contribution in [0, 0.1) is 5.82 Å². The van der Waals surface area contributed by atoms with Gasteiger partial charge in [0.2, 0.25) is 6.08 Å². The summed E-state index contributed by atoms with van der Waals surface area (Å²) < 4.78 is 18.3. The molecule has 0 saturated carbocycles. The fourth-order valence-corrected chi connectivity index (χ4v) is 1.56. The molecule has 0 atom stereocenters. The van der Waals surface area contributed by atoms with Gasteiger partial charge in [-0.05, 0) is 35.4 Å². The minimum atomic E-state index is -0.260. The average Bonchev–Trinajstić information content (AvgIpc) is 2.46. The number of hydrogen-bond acceptors (Lipinski definition) is 3. The Morgan fingerprint density at radius 1 is 1.00 bits per heavy atom. The molecule has 0 fully saturated rings. The van der Waals surface area contributed by atoms with Crippen molar-refractivity contribution in [3.8, 4) is 5.75 Å². The first-order valence-electron chi connectivity index (χ1n) is 5.78. The number of isocyanates is 1. The van der Waals surface area contributed by atoms with Crippen molar-refractivity contribution in [2.45, 2.75) is 13.2 Å². The molecule has 0 N–H and O–H groups in total. The predicted octanol–water partition coefficient (Wildman–Crippen LogP) is 3.24. The minimum absolute atomic E-state index is 0.260. The van der Waals surface area contributed by atoms with E-state index in [2.05, 4.69) is 4.99 Å². The van der Waals surface area contributed by atoms with Crippen LogP contribution in [0.2, 0.25) is 0 Å². The van der Waals surface area contributed by atoms with E-state index in [0.29, 0.717) is 18.9 Å². The van der Waals surface area contributed by atoms with Crippen LogP contribution in [0.5, 0.6) is 5.75 Å². The number of benzene rings is 2. The molecule has 0 bridgehead atoms. The Balaban J connectivity index is 1.92. The molecule has 2 rings (SSSR count). The van der Waals surface area contributed by atoms with Gasteiger partial charge in [0.05, 0.1) is 6.54 Å². The van der Waals surface area contributed by atoms with Gasteiger partial charge in [0.15, 0.2) is 0 Å². The van der Waals surface area contributed by atoms with Gasteiger partial charge in [0.1, 0.15) is 18.2 Å². The van der Waals surface area contributed by atoms with Crippen molar-refractivity contribution in [3.05, 3.63) is 65.5 Å². The molecule has 0 saturated heterocycles. The van der Waals surface area contributed by atoms with E-state index >= 15 is 0 Å². The van der Waals surface area contributed by atoms with Crippen LogP contribution in [0.25, 0.3) is 0 Å². The first-order valence-corrected chi connectivity index (χ1v) is 5.78. The summed E-state index contributed by atoms with van der Waals surface area (Å²) >= 11 is 0. The fraction of sp³-hybridized carbons (Fsp3) is 0.133. The summed E-state index contributed by atoms with van der Waals surface area (Å²) in [4.78, 5) is 13.5. The van der Waals surface area contributed by atoms with Crippen LogP contribution in [-0.2, 0) is 17.9 Å². The van der Waals surface area contributed by atoms with Gasteiger partial charge >= 0.3 is 0 Å². The molecule has 4 heteroatoms. The number of halogens is 1. The van der Waals surface area contributed by atoms with Crippen molar-refractivity contribution in [2.75, 3.05) is 0 Å². The maximum atomic E-state index is 12.7. The van der Waals surface area contributed by atoms with Crippen LogP contribution in [0.4, 0.5) is 4.39 Å². The minimum Gasteiger partial charge on any atom is -0.489 e. The molecule has 2 aromatic rings. The summed E-state index contributed by atoms with van der Waals surface area (Å²) in [7, 11) is 0. The van der Waals surface area contributed by atoms with Crippen LogP contribution in [0.15, 0.2) is 53.5 Å². The van der Waals surface area contributed by atoms with Crippen LogP contribution in [-0.4, -0.2) is 6.08 Å². The molecule has 0 radical (unpaired) electrons. The molecule has 0 amide bonds. The Morgan fingerprint density at radius 2 is 1.63 bits per heavy atom. The Morgan fingerprint density at radius 3 is 2.26 bits per heavy atom. The van der Waals surface area contributed by atoms with Crippen molar-refractivity contribution < 1.29 is 13.9 Å². The van der Waals surface area contributed by atoms with E-state index in [1.165, 1.54) is 18.2 Å². The monoisotopic (exact) mass is 257 g/mol. The average molecular weight is 257 g/mol. The molecule has 3 nitrogen and oxygen atoms in total. The molecule has 19 heavy (non-hydrogen) atoms. The molecule has 0 unspecified atom stereocenters. The molecule has 0 aromatic heterocycles. The standard InChI is InChI=1S/C15H12FNO2/c16-14-5-1-13(2-6-14)10-19-15-7-3-12(4-8-15)9-17-11-18/h1-8H,9-10H2. The van der Waals surface area contributed by atoms with E-state index in [4.69, 9.17) is 4.74 Å². The summed E-state index contributed by atoms with van der Waals surface area (Å²) in [5.41, 5.74) is 1.81. The topological polar surface area (TPSA) is 38.7 Å². The van der Waals surface area contributed by atoms with Gasteiger partial charge in [-0.15, -0.1) is 0 Å². The molecule has 0 heterocycles. The lowest BCUT2D eigenvalue weighted by Gasteiger charge is -2.06. The third kappa shape index (κ3) is 4.05. The third-order valence-electron chi connectivity index (χ3n) is 2.57. The fourth-order valence-electron chi connectivity index (χ4n) is 1.56. The second kappa shape index (κ2) is 6.47. The van der Waals surface area contributed by atoms with Gasteiger partial charge in [-0.3, -0.25) is 0 Å². The normalized spacial score (nSPS) is 9.74. The number of aliphatic imine (C=N–C) groups is 1. The van der Waals surface area contributed by atoms with Gasteiger partial charge in [-0.2, -0.15) is 0 Å². The molecule has 2 aromatic carbocycles. The third-order valence-corrected chi connectivity index (χ3v) is 2.57. The highest BCUT2D eigenvalue weighted by atomic mass is 19.1. The number of nitrogens with zero attached hydrogens (tertiary/aromatic N) is 1. The largest absolute Gasteiger partial charge is 0.489 e. The summed E-state index contributed by atoms with van der Waals surface area (Å²) in [6, 6.07) is 13.4. The van der Waals surface area contributed by atoms with E-state index in [-0.39, 0.29) is 5.82 Å². The molecule has 0 aliphatic carbocycles. The highest BCUT2D eigenvalue weighted by Gasteiger charge is 1.97. The Hall–Kier alpha value is -2.45. The molecule has 96 valence electrons. The Labute approximate surface area is 110 Å². The second-order valence-corrected chi connectivity index (χ2v) is 3.97. The maximum absolute atomic E-state index is 12.7. The van der Waals surface area contributed by atoms with Gasteiger partial charge in [-0.1, -0.05) is 24.3 Å². The number of hydrogen-bond donors (Lipinski definition) is 0. The first kappa shape index (κ1) is 13.0. The zero-order valence-corrected chi connectivity index (χ0v) is 10.2. The SMILES string of the molecule is O=C=NCc1ccc(OCc2ccc(F)cc2)cc1. The van der Waals surface area contributed by atoms with Crippen molar-refractivity contribution in [3.63, 3.8) is 0 Å². The lowest BCUT2D eigenvalue weighted by Crippen LogP contribution is -1.95. The summed E-state index contributed by atoms with van der Waals surface area (Å²) in [6.45, 7) is 0.702. The van der Waals surface area contributed by atoms with Gasteiger partial charge in [0, 0.05) is 0 Å². The molecule has 0 aliphatic rings. The quantitative estimate of drug-likeness (QED) is 0.609. The van der Waals surface area contributed by atoms with Crippen LogP contribution < -0.4 is 4.74 Å². The smallest absolute Gasteiger partial charge is 0.235 e. The molecule has 0 aliphatic heterocycles. The van der Waals surface area contributed by atoms with E-state index < -0.39 is 0 Å². The number of rotatable bonds is 5. The molecular weight excluding hydrogens is 245 g/mol. The van der Waals surface area contributed by atoms with E-state index in [1.54, 1.807) is 24.3 Å². The maximum Gasteiger partial charge on any atom is 0.235 e. The lowest BCUT2D eigenvalue weighted by atomic mass is 10.2. The highest BCUT2D eigenvalue weighted by molar-refractivity contribution is 5.34. The highest BCUT2D eigenvalue weighted by Crippen LogP contribution is 2.15. The Bertz CT molecular complexity index is 572. The van der Waals surface area contributed by atoms with Crippen molar-refractivity contribution >= 4 is 6.08 Å². The van der Waals surface area contributed by atoms with Crippen LogP contribution in [0.3, 0.4) is 0 Å². The molecule has 0 spiro atoms. The summed E-state index contributed by atoms with van der Waals surface area (Å²) in [6.07, 6.45) is 1.50. The van der Waals surface area contributed by atoms with Crippen molar-refractivity contribution in [2.24, 2.45) is 4.99 Å². The van der Waals surface area contributed by atoms with Gasteiger partial charge in [-0.25, -0.2) is 14.2 Å². The zero-order chi connectivity index (χ0) is 13.5. The van der Waals surface area contributed by atoms with Crippen LogP contribution in [0.1, 0.15) is 11.1 Å². The Kier molecular flexibility index (Phi) is 4.43. The lowest BCUT2D eigenvalue weighted by molar-refractivity contribution is 0.306. The zero-order valence-electron chi connectivity index (χ0n) is 10.2. The first-order chi connectivity index (χ1) is 9.28. The van der Waals surface area contributed by atoms with E-state index in [9.17, 15) is 9.18 Å². The molecular formula is C15H12FNO2.